The van der Waals surface area contributed by atoms with E-state index < -0.39 is 0 Å². The van der Waals surface area contributed by atoms with Gasteiger partial charge in [-0.1, -0.05) is 18.2 Å². The Morgan fingerprint density at radius 1 is 1.50 bits per heavy atom. The second-order valence-corrected chi connectivity index (χ2v) is 2.35. The molecule has 10 heavy (non-hydrogen) atoms. The molecule has 0 bridgehead atoms. The highest BCUT2D eigenvalue weighted by atomic mass is 15.1. The van der Waals surface area contributed by atoms with Crippen LogP contribution in [0.25, 0.3) is 10.9 Å². The van der Waals surface area contributed by atoms with Gasteiger partial charge in [0.15, 0.2) is 7.85 Å². The van der Waals surface area contributed by atoms with Gasteiger partial charge in [-0.25, -0.2) is 0 Å². The van der Waals surface area contributed by atoms with E-state index in [2.05, 4.69) is 16.3 Å². The van der Waals surface area contributed by atoms with Gasteiger partial charge in [0.05, 0.1) is 5.52 Å². The van der Waals surface area contributed by atoms with Gasteiger partial charge in [-0.3, -0.25) is 5.10 Å². The molecule has 2 rings (SSSR count). The van der Waals surface area contributed by atoms with E-state index in [4.69, 9.17) is 2.97 Å². The predicted molar refractivity (Wildman–Crippen MR) is 46.4 cm³/mol. The van der Waals surface area contributed by atoms with Crippen LogP contribution in [0.5, 0.6) is 0 Å². The van der Waals surface area contributed by atoms with Gasteiger partial charge in [-0.2, -0.15) is 5.10 Å². The van der Waals surface area contributed by atoms with Crippen molar-refractivity contribution < 1.29 is 2.97 Å². The number of H-pyrrole nitrogens is 1. The number of fused-ring (bicyclic) bond motifs is 1. The molecule has 1 heterocycles. The molecule has 0 amide bonds. The molecule has 0 unspecified atom stereocenters. The van der Waals surface area contributed by atoms with E-state index >= 15 is 0 Å². The van der Waals surface area contributed by atoms with Crippen molar-refractivity contribution in [3.8, 4) is 0 Å². The van der Waals surface area contributed by atoms with E-state index in [1.54, 1.807) is 0 Å². The maximum absolute atomic E-state index is 5.00. The van der Waals surface area contributed by atoms with Crippen LogP contribution in [0.2, 0.25) is 0 Å². The Bertz CT molecular complexity index is 361. The molecule has 0 atom stereocenters. The fraction of sp³-hybridized carbons (Fsp3) is 0. The molecule has 0 aliphatic carbocycles. The molecule has 2 aromatic rings. The lowest BCUT2D eigenvalue weighted by Gasteiger charge is -1.84. The molecule has 1 N–H and O–H groups in total. The SMILES string of the molecule is Bc1n[nH]c2ccccc12.[H][H]. The maximum atomic E-state index is 5.00. The molecule has 0 saturated carbocycles. The summed E-state index contributed by atoms with van der Waals surface area (Å²) in [6.07, 6.45) is 0. The molecule has 50 valence electrons. The van der Waals surface area contributed by atoms with Crippen LogP contribution in [-0.2, 0) is 0 Å². The minimum atomic E-state index is 1.07. The molecular weight excluding hydrogens is 123 g/mol. The average molecular weight is 132 g/mol. The number of hydrogen-bond acceptors (Lipinski definition) is 1. The number of nitrogens with one attached hydrogen (secondary N) is 1. The predicted octanol–water partition coefficient (Wildman–Crippen LogP) is 0.0673. The summed E-state index contributed by atoms with van der Waals surface area (Å²) in [5.41, 5.74) is 2.18. The third kappa shape index (κ3) is 0.636. The lowest BCUT2D eigenvalue weighted by molar-refractivity contribution is 1.14. The third-order valence-electron chi connectivity index (χ3n) is 1.66. The number of hydrogen-bond donors (Lipinski definition) is 1. The zero-order chi connectivity index (χ0) is 8.97. The van der Waals surface area contributed by atoms with Gasteiger partial charge in [0, 0.05) is 13.9 Å². The molecule has 0 fully saturated rings. The fourth-order valence-corrected chi connectivity index (χ4v) is 1.10. The summed E-state index contributed by atoms with van der Waals surface area (Å²) in [7, 11) is 2.00. The number of benzene rings is 1. The van der Waals surface area contributed by atoms with Crippen LogP contribution in [-0.4, -0.2) is 18.0 Å². The van der Waals surface area contributed by atoms with Crippen LogP contribution in [0.1, 0.15) is 2.97 Å². The quantitative estimate of drug-likeness (QED) is 0.504. The van der Waals surface area contributed by atoms with E-state index in [1.165, 1.54) is 5.39 Å². The molecule has 0 aliphatic rings. The van der Waals surface area contributed by atoms with Crippen LogP contribution in [0.3, 0.4) is 0 Å². The summed E-state index contributed by atoms with van der Waals surface area (Å²) in [6, 6.07) is 8.11. The van der Waals surface area contributed by atoms with Gasteiger partial charge in [0.2, 0.25) is 0 Å². The number of aromatic amines is 1. The molecule has 0 radical (unpaired) electrons. The van der Waals surface area contributed by atoms with Gasteiger partial charge in [0.25, 0.3) is 0 Å². The molecule has 1 aromatic heterocycles. The van der Waals surface area contributed by atoms with E-state index in [-0.39, 0.29) is 0 Å². The van der Waals surface area contributed by atoms with Gasteiger partial charge < -0.3 is 0 Å². The lowest BCUT2D eigenvalue weighted by atomic mass is 10.0. The van der Waals surface area contributed by atoms with Gasteiger partial charge in [0.1, 0.15) is 0 Å². The standard InChI is InChI=1S/C7H7BN2.H2/c8-7-5-3-1-2-4-6(5)9-10-7;/h1-4H,8H2,(H,9,10);1H. The minimum Gasteiger partial charge on any atom is -0.278 e. The summed E-state index contributed by atoms with van der Waals surface area (Å²) in [4.78, 5) is 0. The Morgan fingerprint density at radius 3 is 3.10 bits per heavy atom. The molecular formula is C7H9BN2. The second kappa shape index (κ2) is 1.87. The van der Waals surface area contributed by atoms with Crippen LogP contribution in [0, 0.1) is 0 Å². The van der Waals surface area contributed by atoms with Crippen LogP contribution in [0.4, 0.5) is 0 Å². The van der Waals surface area contributed by atoms with Crippen molar-refractivity contribution in [1.82, 2.24) is 10.2 Å². The molecule has 0 saturated heterocycles. The Kier molecular flexibility index (Phi) is 0.851. The molecule has 1 aromatic carbocycles. The first-order valence-corrected chi connectivity index (χ1v) is 3.27. The molecule has 2 nitrogen and oxygen atoms in total. The highest BCUT2D eigenvalue weighted by molar-refractivity contribution is 6.36. The molecule has 3 heteroatoms. The number of para-hydroxylation sites is 1. The van der Waals surface area contributed by atoms with E-state index in [9.17, 15) is 0 Å². The van der Waals surface area contributed by atoms with Gasteiger partial charge in [-0.15, -0.1) is 0 Å². The zero-order valence-electron chi connectivity index (χ0n) is 7.76. The summed E-state index contributed by atoms with van der Waals surface area (Å²) in [5, 5.41) is 8.22. The van der Waals surface area contributed by atoms with E-state index in [0.29, 0.717) is 0 Å². The average Bonchev–Trinajstić information content (AvgIpc) is 2.53. The number of nitrogens with zero attached hydrogens (tertiary/aromatic N) is 1. The van der Waals surface area contributed by atoms with Crippen molar-refractivity contribution in [3.05, 3.63) is 24.3 Å². The van der Waals surface area contributed by atoms with Crippen LogP contribution >= 0.6 is 0 Å². The Balaban J connectivity index is 0.000000336. The van der Waals surface area contributed by atoms with E-state index in [0.717, 1.165) is 11.1 Å². The summed E-state index contributed by atoms with van der Waals surface area (Å²) in [6.45, 7) is 0. The van der Waals surface area contributed by atoms with Crippen molar-refractivity contribution >= 4 is 24.3 Å². The third-order valence-corrected chi connectivity index (χ3v) is 1.66. The summed E-state index contributed by atoms with van der Waals surface area (Å²) in [5.74, 6) is 0. The lowest BCUT2D eigenvalue weighted by Crippen LogP contribution is -2.02. The van der Waals surface area contributed by atoms with Gasteiger partial charge in [-0.05, 0) is 6.07 Å². The van der Waals surface area contributed by atoms with Gasteiger partial charge >= 0.3 is 0 Å². The Labute approximate surface area is 62.7 Å². The smallest absolute Gasteiger partial charge is 0.167 e. The second-order valence-electron chi connectivity index (χ2n) is 2.35. The van der Waals surface area contributed by atoms with Crippen LogP contribution < -0.4 is 5.59 Å². The monoisotopic (exact) mass is 132 g/mol. The fourth-order valence-electron chi connectivity index (χ4n) is 1.10. The molecule has 0 aliphatic heterocycles. The summed E-state index contributed by atoms with van der Waals surface area (Å²) < 4.78 is 10.0. The first kappa shape index (κ1) is 4.55. The molecule has 0 spiro atoms. The Hall–Kier alpha value is -1.25. The summed E-state index contributed by atoms with van der Waals surface area (Å²) >= 11 is 0. The van der Waals surface area contributed by atoms with Crippen molar-refractivity contribution in [2.24, 2.45) is 0 Å². The first-order valence-electron chi connectivity index (χ1n) is 4.27. The van der Waals surface area contributed by atoms with Crippen molar-refractivity contribution in [2.75, 3.05) is 0 Å². The maximum Gasteiger partial charge on any atom is 0.167 e. The van der Waals surface area contributed by atoms with Crippen molar-refractivity contribution in [1.29, 1.82) is 0 Å². The Morgan fingerprint density at radius 2 is 2.30 bits per heavy atom. The van der Waals surface area contributed by atoms with Crippen molar-refractivity contribution in [3.63, 3.8) is 0 Å². The van der Waals surface area contributed by atoms with E-state index in [1.807, 2.05) is 26.0 Å². The van der Waals surface area contributed by atoms with Crippen LogP contribution in [0.15, 0.2) is 24.3 Å². The first-order chi connectivity index (χ1) is 5.88. The normalized spacial score (nSPS) is 11.2. The number of aromatic nitrogens is 2. The van der Waals surface area contributed by atoms with Crippen molar-refractivity contribution in [2.45, 2.75) is 0 Å². The highest BCUT2D eigenvalue weighted by Gasteiger charge is 1.96. The number of rotatable bonds is 0. The zero-order valence-corrected chi connectivity index (χ0v) is 5.76. The largest absolute Gasteiger partial charge is 0.278 e. The topological polar surface area (TPSA) is 28.7 Å². The highest BCUT2D eigenvalue weighted by Crippen LogP contribution is 2.04. The minimum absolute atomic E-state index is 1.07.